The molecule has 2 aromatic carbocycles. The Bertz CT molecular complexity index is 1140. The first-order valence-corrected chi connectivity index (χ1v) is 11.0. The fourth-order valence-electron chi connectivity index (χ4n) is 3.39. The van der Waals surface area contributed by atoms with E-state index in [2.05, 4.69) is 0 Å². The summed E-state index contributed by atoms with van der Waals surface area (Å²) in [4.78, 5) is 14.4. The van der Waals surface area contributed by atoms with E-state index in [1.807, 2.05) is 30.3 Å². The third kappa shape index (κ3) is 4.10. The van der Waals surface area contributed by atoms with Gasteiger partial charge in [0.25, 0.3) is 0 Å². The number of carbonyl (C=O) groups excluding carboxylic acids is 1. The van der Waals surface area contributed by atoms with Gasteiger partial charge in [0, 0.05) is 37.6 Å². The van der Waals surface area contributed by atoms with Crippen molar-refractivity contribution in [2.45, 2.75) is 4.90 Å². The summed E-state index contributed by atoms with van der Waals surface area (Å²) in [5, 5.41) is 0.974. The first-order valence-electron chi connectivity index (χ1n) is 9.57. The number of benzene rings is 2. The first kappa shape index (κ1) is 20.2. The zero-order valence-electron chi connectivity index (χ0n) is 16.5. The number of ether oxygens (including phenoxy) is 1. The molecule has 0 aliphatic carbocycles. The Balaban J connectivity index is 1.37. The molecule has 1 aromatic heterocycles. The maximum Gasteiger partial charge on any atom is 0.246 e. The van der Waals surface area contributed by atoms with Crippen LogP contribution in [0.2, 0.25) is 0 Å². The third-order valence-corrected chi connectivity index (χ3v) is 7.00. The normalized spacial score (nSPS) is 15.7. The number of methoxy groups -OCH3 is 1. The molecular weight excluding hydrogens is 404 g/mol. The van der Waals surface area contributed by atoms with Crippen molar-refractivity contribution >= 4 is 33.0 Å². The number of nitrogens with zero attached hydrogens (tertiary/aromatic N) is 2. The van der Waals surface area contributed by atoms with E-state index >= 15 is 0 Å². The van der Waals surface area contributed by atoms with Crippen LogP contribution in [0.5, 0.6) is 5.75 Å². The quantitative estimate of drug-likeness (QED) is 0.586. The maximum atomic E-state index is 12.8. The largest absolute Gasteiger partial charge is 0.497 e. The van der Waals surface area contributed by atoms with Gasteiger partial charge >= 0.3 is 0 Å². The zero-order valence-corrected chi connectivity index (χ0v) is 17.3. The van der Waals surface area contributed by atoms with Gasteiger partial charge in [0.15, 0.2) is 0 Å². The van der Waals surface area contributed by atoms with Crippen LogP contribution in [0.4, 0.5) is 0 Å². The molecule has 30 heavy (non-hydrogen) atoms. The molecule has 0 N–H and O–H groups in total. The lowest BCUT2D eigenvalue weighted by Gasteiger charge is -2.33. The summed E-state index contributed by atoms with van der Waals surface area (Å²) in [6, 6.07) is 15.8. The SMILES string of the molecule is COc1ccc(S(=O)(=O)N2CCN(C(=O)/C=C/c3cc4ccccc4o3)CC2)cc1. The van der Waals surface area contributed by atoms with Crippen molar-refractivity contribution in [3.05, 3.63) is 66.4 Å². The molecular formula is C22H22N2O5S. The maximum absolute atomic E-state index is 12.8. The minimum absolute atomic E-state index is 0.169. The molecule has 0 unspecified atom stereocenters. The van der Waals surface area contributed by atoms with Crippen molar-refractivity contribution in [1.82, 2.24) is 9.21 Å². The molecule has 1 aliphatic heterocycles. The highest BCUT2D eigenvalue weighted by atomic mass is 32.2. The summed E-state index contributed by atoms with van der Waals surface area (Å²) < 4.78 is 37.8. The van der Waals surface area contributed by atoms with Crippen molar-refractivity contribution in [3.63, 3.8) is 0 Å². The average Bonchev–Trinajstić information content (AvgIpc) is 3.20. The van der Waals surface area contributed by atoms with Gasteiger partial charge in [-0.3, -0.25) is 4.79 Å². The number of hydrogen-bond acceptors (Lipinski definition) is 5. The zero-order chi connectivity index (χ0) is 21.1. The molecule has 4 rings (SSSR count). The Morgan fingerprint density at radius 3 is 2.40 bits per heavy atom. The van der Waals surface area contributed by atoms with E-state index in [0.717, 1.165) is 11.0 Å². The van der Waals surface area contributed by atoms with Crippen LogP contribution in [0.25, 0.3) is 17.0 Å². The van der Waals surface area contributed by atoms with Gasteiger partial charge in [-0.2, -0.15) is 4.31 Å². The van der Waals surface area contributed by atoms with Crippen LogP contribution in [-0.4, -0.2) is 56.8 Å². The Morgan fingerprint density at radius 1 is 1.03 bits per heavy atom. The second-order valence-corrected chi connectivity index (χ2v) is 8.86. The van der Waals surface area contributed by atoms with Crippen molar-refractivity contribution < 1.29 is 22.4 Å². The molecule has 1 aliphatic rings. The Hall–Kier alpha value is -3.10. The minimum Gasteiger partial charge on any atom is -0.497 e. The van der Waals surface area contributed by atoms with Crippen LogP contribution in [0.3, 0.4) is 0 Å². The lowest BCUT2D eigenvalue weighted by molar-refractivity contribution is -0.127. The number of para-hydroxylation sites is 1. The van der Waals surface area contributed by atoms with Crippen LogP contribution >= 0.6 is 0 Å². The molecule has 0 spiro atoms. The number of hydrogen-bond donors (Lipinski definition) is 0. The Labute approximate surface area is 175 Å². The summed E-state index contributed by atoms with van der Waals surface area (Å²) >= 11 is 0. The summed E-state index contributed by atoms with van der Waals surface area (Å²) in [5.74, 6) is 1.03. The number of amides is 1. The van der Waals surface area contributed by atoms with Crippen molar-refractivity contribution in [3.8, 4) is 5.75 Å². The minimum atomic E-state index is -3.60. The molecule has 1 fully saturated rings. The lowest BCUT2D eigenvalue weighted by Crippen LogP contribution is -2.50. The summed E-state index contributed by atoms with van der Waals surface area (Å²) in [6.45, 7) is 1.16. The predicted molar refractivity (Wildman–Crippen MR) is 114 cm³/mol. The fourth-order valence-corrected chi connectivity index (χ4v) is 4.81. The number of fused-ring (bicyclic) bond motifs is 1. The average molecular weight is 426 g/mol. The van der Waals surface area contributed by atoms with E-state index in [9.17, 15) is 13.2 Å². The van der Waals surface area contributed by atoms with Gasteiger partial charge in [0.05, 0.1) is 12.0 Å². The van der Waals surface area contributed by atoms with Crippen molar-refractivity contribution in [1.29, 1.82) is 0 Å². The van der Waals surface area contributed by atoms with Gasteiger partial charge in [-0.05, 0) is 42.5 Å². The molecule has 3 aromatic rings. The Morgan fingerprint density at radius 2 is 1.73 bits per heavy atom. The van der Waals surface area contributed by atoms with E-state index in [0.29, 0.717) is 24.6 Å². The van der Waals surface area contributed by atoms with E-state index in [1.165, 1.54) is 29.6 Å². The predicted octanol–water partition coefficient (Wildman–Crippen LogP) is 2.99. The molecule has 1 amide bonds. The molecule has 0 atom stereocenters. The number of piperazine rings is 1. The van der Waals surface area contributed by atoms with E-state index < -0.39 is 10.0 Å². The summed E-state index contributed by atoms with van der Waals surface area (Å²) in [5.41, 5.74) is 0.766. The molecule has 156 valence electrons. The van der Waals surface area contributed by atoms with Gasteiger partial charge in [0.1, 0.15) is 17.1 Å². The number of rotatable bonds is 5. The van der Waals surface area contributed by atoms with Crippen molar-refractivity contribution in [2.75, 3.05) is 33.3 Å². The monoisotopic (exact) mass is 426 g/mol. The molecule has 8 heteroatoms. The summed E-state index contributed by atoms with van der Waals surface area (Å²) in [7, 11) is -2.07. The number of carbonyl (C=O) groups is 1. The van der Waals surface area contributed by atoms with E-state index in [1.54, 1.807) is 23.1 Å². The van der Waals surface area contributed by atoms with Crippen LogP contribution in [0, 0.1) is 0 Å². The van der Waals surface area contributed by atoms with E-state index in [4.69, 9.17) is 9.15 Å². The number of sulfonamides is 1. The topological polar surface area (TPSA) is 80.1 Å². The smallest absolute Gasteiger partial charge is 0.246 e. The van der Waals surface area contributed by atoms with Crippen molar-refractivity contribution in [2.24, 2.45) is 0 Å². The van der Waals surface area contributed by atoms with Gasteiger partial charge in [-0.15, -0.1) is 0 Å². The molecule has 2 heterocycles. The molecule has 0 saturated carbocycles. The second kappa shape index (κ2) is 8.33. The summed E-state index contributed by atoms with van der Waals surface area (Å²) in [6.07, 6.45) is 3.11. The van der Waals surface area contributed by atoms with Crippen LogP contribution < -0.4 is 4.74 Å². The standard InChI is InChI=1S/C22H22N2O5S/c1-28-18-6-9-20(10-7-18)30(26,27)24-14-12-23(13-15-24)22(25)11-8-19-16-17-4-2-3-5-21(17)29-19/h2-11,16H,12-15H2,1H3/b11-8+. The lowest BCUT2D eigenvalue weighted by atomic mass is 10.2. The highest BCUT2D eigenvalue weighted by molar-refractivity contribution is 7.89. The fraction of sp³-hybridized carbons (Fsp3) is 0.227. The molecule has 0 radical (unpaired) electrons. The first-order chi connectivity index (χ1) is 14.5. The van der Waals surface area contributed by atoms with Crippen LogP contribution in [0.1, 0.15) is 5.76 Å². The molecule has 7 nitrogen and oxygen atoms in total. The highest BCUT2D eigenvalue weighted by Crippen LogP contribution is 2.22. The van der Waals surface area contributed by atoms with Gasteiger partial charge in [-0.25, -0.2) is 8.42 Å². The molecule has 1 saturated heterocycles. The van der Waals surface area contributed by atoms with Gasteiger partial charge < -0.3 is 14.1 Å². The Kier molecular flexibility index (Phi) is 5.61. The van der Waals surface area contributed by atoms with Crippen LogP contribution in [0.15, 0.2) is 70.0 Å². The third-order valence-electron chi connectivity index (χ3n) is 5.08. The van der Waals surface area contributed by atoms with Gasteiger partial charge in [0.2, 0.25) is 15.9 Å². The van der Waals surface area contributed by atoms with Gasteiger partial charge in [-0.1, -0.05) is 18.2 Å². The second-order valence-electron chi connectivity index (χ2n) is 6.92. The van der Waals surface area contributed by atoms with E-state index in [-0.39, 0.29) is 23.9 Å². The number of furan rings is 1. The van der Waals surface area contributed by atoms with Crippen LogP contribution in [-0.2, 0) is 14.8 Å². The molecule has 0 bridgehead atoms. The highest BCUT2D eigenvalue weighted by Gasteiger charge is 2.29.